The van der Waals surface area contributed by atoms with E-state index in [-0.39, 0.29) is 11.9 Å². The van der Waals surface area contributed by atoms with Crippen LogP contribution in [0.4, 0.5) is 5.00 Å². The molecule has 0 unspecified atom stereocenters. The van der Waals surface area contributed by atoms with Crippen LogP contribution in [-0.2, 0) is 28.9 Å². The van der Waals surface area contributed by atoms with Crippen molar-refractivity contribution < 1.29 is 14.3 Å². The predicted molar refractivity (Wildman–Crippen MR) is 126 cm³/mol. The summed E-state index contributed by atoms with van der Waals surface area (Å²) >= 11 is 1.48. The zero-order valence-corrected chi connectivity index (χ0v) is 19.7. The minimum absolute atomic E-state index is 0.107. The molecule has 8 heteroatoms. The lowest BCUT2D eigenvalue weighted by atomic mass is 10.0. The van der Waals surface area contributed by atoms with Crippen LogP contribution in [0.2, 0.25) is 0 Å². The molecule has 2 aromatic heterocycles. The van der Waals surface area contributed by atoms with E-state index in [4.69, 9.17) is 4.74 Å². The van der Waals surface area contributed by atoms with Crippen molar-refractivity contribution in [3.05, 3.63) is 63.3 Å². The van der Waals surface area contributed by atoms with Gasteiger partial charge in [0.25, 0.3) is 0 Å². The number of carbonyl (C=O) groups is 2. The molecule has 168 valence electrons. The molecule has 0 saturated heterocycles. The molecule has 0 spiro atoms. The Morgan fingerprint density at radius 1 is 1.22 bits per heavy atom. The lowest BCUT2D eigenvalue weighted by Crippen LogP contribution is -2.26. The normalized spacial score (nSPS) is 13.6. The highest BCUT2D eigenvalue weighted by molar-refractivity contribution is 7.17. The van der Waals surface area contributed by atoms with E-state index in [0.29, 0.717) is 23.4 Å². The Kier molecular flexibility index (Phi) is 6.43. The molecular weight excluding hydrogens is 424 g/mol. The van der Waals surface area contributed by atoms with Crippen molar-refractivity contribution in [2.45, 2.75) is 39.7 Å². The summed E-state index contributed by atoms with van der Waals surface area (Å²) < 4.78 is 6.91. The van der Waals surface area contributed by atoms with E-state index in [1.807, 2.05) is 48.9 Å². The smallest absolute Gasteiger partial charge is 0.341 e. The van der Waals surface area contributed by atoms with Gasteiger partial charge >= 0.3 is 5.97 Å². The number of benzene rings is 1. The molecule has 32 heavy (non-hydrogen) atoms. The summed E-state index contributed by atoms with van der Waals surface area (Å²) in [5.74, 6) is -0.494. The fourth-order valence-corrected chi connectivity index (χ4v) is 5.41. The van der Waals surface area contributed by atoms with Gasteiger partial charge < -0.3 is 15.0 Å². The first kappa shape index (κ1) is 22.2. The molecule has 1 N–H and O–H groups in total. The molecule has 4 rings (SSSR count). The summed E-state index contributed by atoms with van der Waals surface area (Å²) in [5.41, 5.74) is 5.67. The molecule has 0 bridgehead atoms. The molecule has 1 aliphatic rings. The van der Waals surface area contributed by atoms with Crippen molar-refractivity contribution in [3.8, 4) is 5.69 Å². The Morgan fingerprint density at radius 3 is 2.62 bits per heavy atom. The molecule has 0 saturated carbocycles. The van der Waals surface area contributed by atoms with Gasteiger partial charge in [0.2, 0.25) is 5.91 Å². The van der Waals surface area contributed by atoms with Crippen LogP contribution < -0.4 is 5.32 Å². The highest BCUT2D eigenvalue weighted by atomic mass is 32.1. The summed E-state index contributed by atoms with van der Waals surface area (Å²) in [4.78, 5) is 28.4. The van der Waals surface area contributed by atoms with Gasteiger partial charge in [0.1, 0.15) is 5.00 Å². The zero-order valence-electron chi connectivity index (χ0n) is 18.9. The van der Waals surface area contributed by atoms with E-state index < -0.39 is 0 Å². The monoisotopic (exact) mass is 452 g/mol. The number of hydrogen-bond acceptors (Lipinski definition) is 6. The van der Waals surface area contributed by atoms with Crippen molar-refractivity contribution in [2.75, 3.05) is 26.0 Å². The van der Waals surface area contributed by atoms with Crippen LogP contribution in [0.3, 0.4) is 0 Å². The number of anilines is 1. The number of thiophene rings is 1. The van der Waals surface area contributed by atoms with Gasteiger partial charge in [-0.15, -0.1) is 11.3 Å². The SMILES string of the molecule is COC(=O)c1c(NC(=O)CCc2ccc(-n3nc(C)cc3C)cc2)sc2c1CCN(C)C2. The fraction of sp³-hybridized carbons (Fsp3) is 0.375. The van der Waals surface area contributed by atoms with Gasteiger partial charge in [-0.2, -0.15) is 5.10 Å². The fourth-order valence-electron chi connectivity index (χ4n) is 4.08. The van der Waals surface area contributed by atoms with Crippen LogP contribution in [0.25, 0.3) is 5.69 Å². The van der Waals surface area contributed by atoms with Gasteiger partial charge in [-0.3, -0.25) is 4.79 Å². The van der Waals surface area contributed by atoms with Gasteiger partial charge in [0.15, 0.2) is 0 Å². The number of aromatic nitrogens is 2. The van der Waals surface area contributed by atoms with Crippen molar-refractivity contribution >= 4 is 28.2 Å². The Bertz CT molecular complexity index is 1150. The Morgan fingerprint density at radius 2 is 1.97 bits per heavy atom. The van der Waals surface area contributed by atoms with Gasteiger partial charge in [-0.1, -0.05) is 12.1 Å². The Hall–Kier alpha value is -2.97. The summed E-state index contributed by atoms with van der Waals surface area (Å²) in [5, 5.41) is 8.07. The van der Waals surface area contributed by atoms with Crippen LogP contribution >= 0.6 is 11.3 Å². The summed E-state index contributed by atoms with van der Waals surface area (Å²) in [6.07, 6.45) is 1.73. The molecule has 0 aliphatic carbocycles. The number of carbonyl (C=O) groups excluding carboxylic acids is 2. The van der Waals surface area contributed by atoms with Gasteiger partial charge in [-0.25, -0.2) is 9.48 Å². The number of rotatable bonds is 6. The van der Waals surface area contributed by atoms with E-state index in [9.17, 15) is 9.59 Å². The number of ether oxygens (including phenoxy) is 1. The second-order valence-electron chi connectivity index (χ2n) is 8.24. The van der Waals surface area contributed by atoms with Crippen LogP contribution in [0.1, 0.15) is 44.2 Å². The standard InChI is InChI=1S/C24H28N4O3S/c1-15-13-16(2)28(26-15)18-8-5-17(6-9-18)7-10-21(29)25-23-22(24(30)31-4)19-11-12-27(3)14-20(19)32-23/h5-6,8-9,13H,7,10-12,14H2,1-4H3,(H,25,29). The van der Waals surface area contributed by atoms with E-state index >= 15 is 0 Å². The van der Waals surface area contributed by atoms with E-state index in [2.05, 4.69) is 22.4 Å². The summed E-state index contributed by atoms with van der Waals surface area (Å²) in [7, 11) is 3.43. The number of nitrogens with one attached hydrogen (secondary N) is 1. The molecule has 1 aromatic carbocycles. The Labute approximate surface area is 192 Å². The average molecular weight is 453 g/mol. The van der Waals surface area contributed by atoms with Gasteiger partial charge in [0, 0.05) is 30.1 Å². The van der Waals surface area contributed by atoms with Crippen LogP contribution in [0, 0.1) is 13.8 Å². The van der Waals surface area contributed by atoms with Crippen molar-refractivity contribution in [3.63, 3.8) is 0 Å². The maximum absolute atomic E-state index is 12.7. The maximum Gasteiger partial charge on any atom is 0.341 e. The number of nitrogens with zero attached hydrogens (tertiary/aromatic N) is 3. The third-order valence-electron chi connectivity index (χ3n) is 5.72. The van der Waals surface area contributed by atoms with Crippen molar-refractivity contribution in [1.82, 2.24) is 14.7 Å². The molecule has 7 nitrogen and oxygen atoms in total. The number of aryl methyl sites for hydroxylation is 3. The molecule has 0 atom stereocenters. The number of fused-ring (bicyclic) bond motifs is 1. The zero-order chi connectivity index (χ0) is 22.8. The molecule has 3 heterocycles. The van der Waals surface area contributed by atoms with E-state index in [0.717, 1.165) is 52.6 Å². The quantitative estimate of drug-likeness (QED) is 0.574. The lowest BCUT2D eigenvalue weighted by Gasteiger charge is -2.22. The third kappa shape index (κ3) is 4.61. The topological polar surface area (TPSA) is 76.5 Å². The first-order valence-corrected chi connectivity index (χ1v) is 11.5. The van der Waals surface area contributed by atoms with Gasteiger partial charge in [-0.05, 0) is 63.1 Å². The number of likely N-dealkylation sites (N-methyl/N-ethyl adjacent to an activating group) is 1. The highest BCUT2D eigenvalue weighted by Gasteiger charge is 2.28. The first-order valence-electron chi connectivity index (χ1n) is 10.7. The predicted octanol–water partition coefficient (Wildman–Crippen LogP) is 3.90. The van der Waals surface area contributed by atoms with Crippen LogP contribution in [0.5, 0.6) is 0 Å². The molecular formula is C24H28N4O3S. The van der Waals surface area contributed by atoms with Crippen LogP contribution in [0.15, 0.2) is 30.3 Å². The maximum atomic E-state index is 12.7. The van der Waals surface area contributed by atoms with Crippen molar-refractivity contribution in [1.29, 1.82) is 0 Å². The van der Waals surface area contributed by atoms with Crippen molar-refractivity contribution in [2.24, 2.45) is 0 Å². The number of hydrogen-bond donors (Lipinski definition) is 1. The van der Waals surface area contributed by atoms with E-state index in [1.165, 1.54) is 18.4 Å². The minimum Gasteiger partial charge on any atom is -0.465 e. The molecule has 1 amide bonds. The second-order valence-corrected chi connectivity index (χ2v) is 9.35. The summed E-state index contributed by atoms with van der Waals surface area (Å²) in [6.45, 7) is 5.67. The average Bonchev–Trinajstić information content (AvgIpc) is 3.30. The minimum atomic E-state index is -0.387. The third-order valence-corrected chi connectivity index (χ3v) is 6.85. The van der Waals surface area contributed by atoms with Gasteiger partial charge in [0.05, 0.1) is 24.1 Å². The molecule has 0 fully saturated rings. The summed E-state index contributed by atoms with van der Waals surface area (Å²) in [6, 6.07) is 10.1. The molecule has 3 aromatic rings. The lowest BCUT2D eigenvalue weighted by molar-refractivity contribution is -0.116. The first-order chi connectivity index (χ1) is 15.4. The van der Waals surface area contributed by atoms with Crippen LogP contribution in [-0.4, -0.2) is 47.3 Å². The van der Waals surface area contributed by atoms with E-state index in [1.54, 1.807) is 0 Å². The second kappa shape index (κ2) is 9.26. The molecule has 1 aliphatic heterocycles. The number of amides is 1. The number of methoxy groups -OCH3 is 1. The number of esters is 1. The highest BCUT2D eigenvalue weighted by Crippen LogP contribution is 2.37. The largest absolute Gasteiger partial charge is 0.465 e. The Balaban J connectivity index is 1.42. The molecule has 0 radical (unpaired) electrons.